The molecule has 0 unspecified atom stereocenters. The van der Waals surface area contributed by atoms with Gasteiger partial charge in [0.1, 0.15) is 6.67 Å². The molecule has 1 aromatic heterocycles. The number of nitrogens with zero attached hydrogens (tertiary/aromatic N) is 5. The Labute approximate surface area is 163 Å². The van der Waals surface area contributed by atoms with Gasteiger partial charge in [0.25, 0.3) is 0 Å². The summed E-state index contributed by atoms with van der Waals surface area (Å²) < 4.78 is 10.6. The van der Waals surface area contributed by atoms with Crippen LogP contribution in [0.1, 0.15) is 5.56 Å². The van der Waals surface area contributed by atoms with Crippen molar-refractivity contribution in [3.05, 3.63) is 48.0 Å². The van der Waals surface area contributed by atoms with Gasteiger partial charge in [-0.05, 0) is 54.4 Å². The minimum absolute atomic E-state index is 0.546. The maximum Gasteiger partial charge on any atom is 0.205 e. The van der Waals surface area contributed by atoms with E-state index >= 15 is 0 Å². The molecule has 0 fully saturated rings. The van der Waals surface area contributed by atoms with Gasteiger partial charge in [-0.25, -0.2) is 0 Å². The number of methoxy groups -OCH3 is 2. The van der Waals surface area contributed by atoms with Crippen LogP contribution in [0, 0.1) is 0 Å². The number of aromatic nitrogens is 4. The molecule has 142 valence electrons. The second-order valence-electron chi connectivity index (χ2n) is 6.06. The van der Waals surface area contributed by atoms with Crippen molar-refractivity contribution in [1.82, 2.24) is 25.1 Å². The number of tetrazole rings is 1. The second-order valence-corrected chi connectivity index (χ2v) is 6.94. The molecular formula is C19H23N5O2S. The molecule has 0 saturated carbocycles. The molecule has 0 saturated heterocycles. The summed E-state index contributed by atoms with van der Waals surface area (Å²) in [4.78, 5) is 4.98. The first kappa shape index (κ1) is 19.2. The van der Waals surface area contributed by atoms with E-state index in [2.05, 4.69) is 50.8 Å². The average molecular weight is 385 g/mol. The van der Waals surface area contributed by atoms with Gasteiger partial charge in [-0.15, -0.1) is 26.8 Å². The van der Waals surface area contributed by atoms with Crippen LogP contribution in [0.3, 0.4) is 0 Å². The number of hydrogen-bond acceptors (Lipinski definition) is 7. The van der Waals surface area contributed by atoms with E-state index in [1.54, 1.807) is 30.8 Å². The predicted molar refractivity (Wildman–Crippen MR) is 106 cm³/mol. The van der Waals surface area contributed by atoms with Crippen molar-refractivity contribution < 1.29 is 9.47 Å². The van der Waals surface area contributed by atoms with Gasteiger partial charge < -0.3 is 9.47 Å². The third kappa shape index (κ3) is 4.78. The van der Waals surface area contributed by atoms with Gasteiger partial charge in [-0.3, -0.25) is 4.90 Å². The van der Waals surface area contributed by atoms with E-state index in [1.807, 2.05) is 25.2 Å². The zero-order chi connectivity index (χ0) is 19.2. The minimum Gasteiger partial charge on any atom is -0.493 e. The highest BCUT2D eigenvalue weighted by molar-refractivity contribution is 7.98. The summed E-state index contributed by atoms with van der Waals surface area (Å²) in [5, 5.41) is 12.8. The normalized spacial score (nSPS) is 11.0. The zero-order valence-electron chi connectivity index (χ0n) is 15.9. The Bertz CT molecular complexity index is 882. The Balaban J connectivity index is 1.66. The quantitative estimate of drug-likeness (QED) is 0.552. The van der Waals surface area contributed by atoms with Crippen LogP contribution in [-0.2, 0) is 13.2 Å². The fourth-order valence-electron chi connectivity index (χ4n) is 2.70. The van der Waals surface area contributed by atoms with E-state index < -0.39 is 0 Å². The summed E-state index contributed by atoms with van der Waals surface area (Å²) in [6, 6.07) is 14.1. The molecule has 7 nitrogen and oxygen atoms in total. The average Bonchev–Trinajstić information content (AvgIpc) is 3.16. The summed E-state index contributed by atoms with van der Waals surface area (Å²) in [5.74, 6) is 1.85. The van der Waals surface area contributed by atoms with Crippen LogP contribution in [0.5, 0.6) is 11.5 Å². The summed E-state index contributed by atoms with van der Waals surface area (Å²) in [7, 11) is 5.24. The lowest BCUT2D eigenvalue weighted by Crippen LogP contribution is -2.23. The van der Waals surface area contributed by atoms with Crippen LogP contribution < -0.4 is 9.47 Å². The molecule has 0 spiro atoms. The lowest BCUT2D eigenvalue weighted by Gasteiger charge is -2.15. The first-order chi connectivity index (χ1) is 13.1. The fourth-order valence-corrected chi connectivity index (χ4v) is 3.11. The molecule has 3 aromatic rings. The molecule has 1 heterocycles. The predicted octanol–water partition coefficient (Wildman–Crippen LogP) is 3.17. The Hall–Kier alpha value is -2.58. The van der Waals surface area contributed by atoms with Crippen LogP contribution in [-0.4, -0.2) is 52.6 Å². The van der Waals surface area contributed by atoms with Gasteiger partial charge in [0.2, 0.25) is 5.82 Å². The number of hydrogen-bond donors (Lipinski definition) is 0. The van der Waals surface area contributed by atoms with E-state index in [0.717, 1.165) is 12.1 Å². The third-order valence-electron chi connectivity index (χ3n) is 4.07. The lowest BCUT2D eigenvalue weighted by atomic mass is 10.2. The lowest BCUT2D eigenvalue weighted by molar-refractivity contribution is 0.227. The van der Waals surface area contributed by atoms with E-state index in [0.29, 0.717) is 24.0 Å². The number of thioether (sulfide) groups is 1. The first-order valence-corrected chi connectivity index (χ1v) is 9.67. The van der Waals surface area contributed by atoms with Gasteiger partial charge in [0.05, 0.1) is 14.2 Å². The molecule has 2 aromatic carbocycles. The summed E-state index contributed by atoms with van der Waals surface area (Å²) >= 11 is 1.74. The van der Waals surface area contributed by atoms with E-state index in [1.165, 1.54) is 10.5 Å². The summed E-state index contributed by atoms with van der Waals surface area (Å²) in [6.45, 7) is 1.35. The molecule has 0 amide bonds. The number of ether oxygens (including phenoxy) is 2. The number of rotatable bonds is 8. The Morgan fingerprint density at radius 1 is 1.04 bits per heavy atom. The van der Waals surface area contributed by atoms with Gasteiger partial charge in [0, 0.05) is 17.0 Å². The molecular weight excluding hydrogens is 362 g/mol. The maximum atomic E-state index is 5.34. The first-order valence-electron chi connectivity index (χ1n) is 8.44. The standard InChI is InChI=1S/C19H23N5O2S/c1-23(12-14-5-8-16(27-4)9-6-14)13-24-21-19(20-22-24)15-7-10-17(25-2)18(11-15)26-3/h5-11H,12-13H2,1-4H3. The zero-order valence-corrected chi connectivity index (χ0v) is 16.7. The molecule has 0 aliphatic heterocycles. The molecule has 3 rings (SSSR count). The number of benzene rings is 2. The SMILES string of the molecule is COc1ccc(-c2nnn(CN(C)Cc3ccc(SC)cc3)n2)cc1OC. The van der Waals surface area contributed by atoms with Crippen molar-refractivity contribution in [2.75, 3.05) is 27.5 Å². The van der Waals surface area contributed by atoms with Crippen molar-refractivity contribution in [3.63, 3.8) is 0 Å². The molecule has 0 atom stereocenters. The maximum absolute atomic E-state index is 5.34. The summed E-state index contributed by atoms with van der Waals surface area (Å²) in [5.41, 5.74) is 2.07. The minimum atomic E-state index is 0.546. The van der Waals surface area contributed by atoms with E-state index in [9.17, 15) is 0 Å². The van der Waals surface area contributed by atoms with Gasteiger partial charge in [0.15, 0.2) is 11.5 Å². The van der Waals surface area contributed by atoms with Crippen molar-refractivity contribution in [2.24, 2.45) is 0 Å². The van der Waals surface area contributed by atoms with Crippen molar-refractivity contribution in [3.8, 4) is 22.9 Å². The monoisotopic (exact) mass is 385 g/mol. The van der Waals surface area contributed by atoms with E-state index in [4.69, 9.17) is 9.47 Å². The molecule has 27 heavy (non-hydrogen) atoms. The Kier molecular flexibility index (Phi) is 6.31. The molecule has 0 radical (unpaired) electrons. The Morgan fingerprint density at radius 2 is 1.78 bits per heavy atom. The van der Waals surface area contributed by atoms with Crippen LogP contribution in [0.4, 0.5) is 0 Å². The largest absolute Gasteiger partial charge is 0.493 e. The van der Waals surface area contributed by atoms with Gasteiger partial charge in [-0.2, -0.15) is 0 Å². The topological polar surface area (TPSA) is 65.3 Å². The Morgan fingerprint density at radius 3 is 2.44 bits per heavy atom. The molecule has 8 heteroatoms. The van der Waals surface area contributed by atoms with Gasteiger partial charge in [-0.1, -0.05) is 12.1 Å². The van der Waals surface area contributed by atoms with Crippen molar-refractivity contribution >= 4 is 11.8 Å². The highest BCUT2D eigenvalue weighted by Crippen LogP contribution is 2.30. The van der Waals surface area contributed by atoms with Crippen LogP contribution in [0.15, 0.2) is 47.4 Å². The molecule has 0 aliphatic rings. The van der Waals surface area contributed by atoms with Crippen LogP contribution in [0.25, 0.3) is 11.4 Å². The molecule has 0 aliphatic carbocycles. The van der Waals surface area contributed by atoms with Crippen molar-refractivity contribution in [1.29, 1.82) is 0 Å². The van der Waals surface area contributed by atoms with Crippen LogP contribution in [0.2, 0.25) is 0 Å². The summed E-state index contributed by atoms with van der Waals surface area (Å²) in [6.07, 6.45) is 2.08. The van der Waals surface area contributed by atoms with E-state index in [-0.39, 0.29) is 0 Å². The second kappa shape index (κ2) is 8.88. The molecule has 0 N–H and O–H groups in total. The third-order valence-corrected chi connectivity index (χ3v) is 4.82. The van der Waals surface area contributed by atoms with Gasteiger partial charge >= 0.3 is 0 Å². The molecule has 0 bridgehead atoms. The smallest absolute Gasteiger partial charge is 0.205 e. The highest BCUT2D eigenvalue weighted by atomic mass is 32.2. The fraction of sp³-hybridized carbons (Fsp3) is 0.316. The highest BCUT2D eigenvalue weighted by Gasteiger charge is 2.11. The van der Waals surface area contributed by atoms with Crippen LogP contribution >= 0.6 is 11.8 Å². The van der Waals surface area contributed by atoms with Crippen molar-refractivity contribution in [2.45, 2.75) is 18.1 Å².